The lowest BCUT2D eigenvalue weighted by molar-refractivity contribution is 0.350. The normalized spacial score (nSPS) is 12.1. The van der Waals surface area contributed by atoms with Gasteiger partial charge in [0.05, 0.1) is 29.4 Å². The van der Waals surface area contributed by atoms with E-state index in [1.807, 2.05) is 0 Å². The number of phenols is 2. The Bertz CT molecular complexity index is 2530. The van der Waals surface area contributed by atoms with Crippen LogP contribution in [0.25, 0.3) is 0 Å². The van der Waals surface area contributed by atoms with Crippen molar-refractivity contribution in [3.05, 3.63) is 170 Å². The van der Waals surface area contributed by atoms with Crippen LogP contribution in [0.5, 0.6) is 34.5 Å². The molecular formula is C44H38O12S3. The van der Waals surface area contributed by atoms with Crippen LogP contribution in [0.2, 0.25) is 0 Å². The Balaban J connectivity index is 0.895. The van der Waals surface area contributed by atoms with E-state index in [1.54, 1.807) is 72.8 Å². The molecule has 0 amide bonds. The SMILES string of the molecule is O=S(=O)(c1ccc(O)cc1)c1ccc(OCC=CCOc2ccc(S(=O)(=O)c3ccc(OCC=CCOc4ccc(S(=O)(=O)c5ccc(O)cc5)cc4)cc3)cc2)cc1. The van der Waals surface area contributed by atoms with Crippen molar-refractivity contribution in [2.45, 2.75) is 29.4 Å². The summed E-state index contributed by atoms with van der Waals surface area (Å²) in [6.07, 6.45) is 6.95. The summed E-state index contributed by atoms with van der Waals surface area (Å²) in [5, 5.41) is 18.8. The number of rotatable bonds is 18. The molecule has 0 atom stereocenters. The second-order valence-electron chi connectivity index (χ2n) is 12.6. The van der Waals surface area contributed by atoms with Crippen LogP contribution in [0, 0.1) is 0 Å². The van der Waals surface area contributed by atoms with Crippen molar-refractivity contribution < 1.29 is 54.4 Å². The Labute approximate surface area is 342 Å². The van der Waals surface area contributed by atoms with E-state index >= 15 is 0 Å². The summed E-state index contributed by atoms with van der Waals surface area (Å²) < 4.78 is 100. The van der Waals surface area contributed by atoms with Gasteiger partial charge in [0, 0.05) is 0 Å². The summed E-state index contributed by atoms with van der Waals surface area (Å²) in [5.41, 5.74) is 0. The van der Waals surface area contributed by atoms with Gasteiger partial charge in [-0.2, -0.15) is 0 Å². The first kappa shape index (κ1) is 42.1. The maximum atomic E-state index is 13.2. The molecule has 2 N–H and O–H groups in total. The van der Waals surface area contributed by atoms with Gasteiger partial charge in [-0.25, -0.2) is 25.3 Å². The zero-order valence-electron chi connectivity index (χ0n) is 31.2. The fraction of sp³-hybridized carbons (Fsp3) is 0.0909. The molecule has 0 saturated heterocycles. The molecule has 0 bridgehead atoms. The van der Waals surface area contributed by atoms with Gasteiger partial charge in [-0.3, -0.25) is 0 Å². The molecule has 0 heterocycles. The summed E-state index contributed by atoms with van der Waals surface area (Å²) in [7, 11) is -11.3. The van der Waals surface area contributed by atoms with Gasteiger partial charge in [-0.15, -0.1) is 0 Å². The highest BCUT2D eigenvalue weighted by atomic mass is 32.2. The quantitative estimate of drug-likeness (QED) is 0.0809. The van der Waals surface area contributed by atoms with Crippen molar-refractivity contribution in [1.82, 2.24) is 0 Å². The van der Waals surface area contributed by atoms with Gasteiger partial charge >= 0.3 is 0 Å². The van der Waals surface area contributed by atoms with Crippen molar-refractivity contribution in [3.8, 4) is 34.5 Å². The van der Waals surface area contributed by atoms with Gasteiger partial charge < -0.3 is 29.2 Å². The second-order valence-corrected chi connectivity index (χ2v) is 18.4. The predicted octanol–water partition coefficient (Wildman–Crippen LogP) is 7.62. The maximum absolute atomic E-state index is 13.2. The molecule has 0 radical (unpaired) electrons. The Kier molecular flexibility index (Phi) is 13.4. The van der Waals surface area contributed by atoms with Crippen molar-refractivity contribution in [1.29, 1.82) is 0 Å². The Morgan fingerprint density at radius 2 is 0.475 bits per heavy atom. The van der Waals surface area contributed by atoms with Gasteiger partial charge in [-0.1, -0.05) is 0 Å². The highest BCUT2D eigenvalue weighted by molar-refractivity contribution is 7.92. The van der Waals surface area contributed by atoms with Gasteiger partial charge in [0.2, 0.25) is 29.5 Å². The van der Waals surface area contributed by atoms with E-state index in [9.17, 15) is 35.5 Å². The van der Waals surface area contributed by atoms with E-state index in [1.165, 1.54) is 97.1 Å². The number of phenolic OH excluding ortho intramolecular Hbond substituents is 2. The van der Waals surface area contributed by atoms with Crippen LogP contribution in [0.1, 0.15) is 0 Å². The first-order chi connectivity index (χ1) is 28.3. The molecule has 15 heteroatoms. The van der Waals surface area contributed by atoms with E-state index in [4.69, 9.17) is 18.9 Å². The largest absolute Gasteiger partial charge is 0.508 e. The number of benzene rings is 6. The maximum Gasteiger partial charge on any atom is 0.206 e. The average Bonchev–Trinajstić information content (AvgIpc) is 3.24. The summed E-state index contributed by atoms with van der Waals surface area (Å²) in [6.45, 7) is 0.823. The smallest absolute Gasteiger partial charge is 0.206 e. The van der Waals surface area contributed by atoms with Gasteiger partial charge in [0.25, 0.3) is 0 Å². The molecule has 6 aromatic rings. The molecule has 304 valence electrons. The number of sulfone groups is 3. The summed E-state index contributed by atoms with van der Waals surface area (Å²) >= 11 is 0. The van der Waals surface area contributed by atoms with Crippen LogP contribution < -0.4 is 18.9 Å². The lowest BCUT2D eigenvalue weighted by Crippen LogP contribution is -2.03. The fourth-order valence-electron chi connectivity index (χ4n) is 5.37. The third-order valence-electron chi connectivity index (χ3n) is 8.55. The molecule has 0 saturated carbocycles. The van der Waals surface area contributed by atoms with Gasteiger partial charge in [-0.05, 0) is 170 Å². The van der Waals surface area contributed by atoms with Crippen LogP contribution in [0.15, 0.2) is 199 Å². The molecule has 0 aromatic heterocycles. The van der Waals surface area contributed by atoms with Crippen LogP contribution >= 0.6 is 0 Å². The van der Waals surface area contributed by atoms with Gasteiger partial charge in [0.15, 0.2) is 0 Å². The van der Waals surface area contributed by atoms with E-state index in [-0.39, 0.29) is 67.3 Å². The minimum Gasteiger partial charge on any atom is -0.508 e. The topological polar surface area (TPSA) is 180 Å². The minimum atomic E-state index is -3.80. The van der Waals surface area contributed by atoms with Crippen LogP contribution in [-0.2, 0) is 29.5 Å². The monoisotopic (exact) mass is 854 g/mol. The lowest BCUT2D eigenvalue weighted by Gasteiger charge is -2.09. The Hall–Kier alpha value is -6.55. The minimum absolute atomic E-state index is 0.0235. The molecule has 0 aliphatic carbocycles. The Morgan fingerprint density at radius 3 is 0.661 bits per heavy atom. The molecule has 0 spiro atoms. The number of hydrogen-bond acceptors (Lipinski definition) is 12. The third kappa shape index (κ3) is 10.9. The van der Waals surface area contributed by atoms with Crippen molar-refractivity contribution in [2.24, 2.45) is 0 Å². The van der Waals surface area contributed by atoms with E-state index < -0.39 is 29.5 Å². The predicted molar refractivity (Wildman–Crippen MR) is 219 cm³/mol. The van der Waals surface area contributed by atoms with E-state index in [2.05, 4.69) is 0 Å². The molecule has 0 aliphatic heterocycles. The van der Waals surface area contributed by atoms with Crippen molar-refractivity contribution >= 4 is 29.5 Å². The van der Waals surface area contributed by atoms with Crippen LogP contribution in [0.3, 0.4) is 0 Å². The molecule has 6 rings (SSSR count). The summed E-state index contributed by atoms with van der Waals surface area (Å²) in [5.74, 6) is 1.84. The van der Waals surface area contributed by atoms with Crippen LogP contribution in [-0.4, -0.2) is 61.9 Å². The zero-order chi connectivity index (χ0) is 41.9. The van der Waals surface area contributed by atoms with E-state index in [0.29, 0.717) is 23.0 Å². The molecule has 6 aromatic carbocycles. The van der Waals surface area contributed by atoms with E-state index in [0.717, 1.165) is 0 Å². The molecule has 0 aliphatic rings. The molecule has 59 heavy (non-hydrogen) atoms. The number of ether oxygens (including phenoxy) is 4. The second kappa shape index (κ2) is 18.8. The molecule has 0 fully saturated rings. The molecular weight excluding hydrogens is 817 g/mol. The highest BCUT2D eigenvalue weighted by Crippen LogP contribution is 2.27. The molecule has 0 unspecified atom stereocenters. The average molecular weight is 855 g/mol. The van der Waals surface area contributed by atoms with Crippen LogP contribution in [0.4, 0.5) is 0 Å². The third-order valence-corrected chi connectivity index (χ3v) is 13.9. The number of hydrogen-bond donors (Lipinski definition) is 2. The molecule has 12 nitrogen and oxygen atoms in total. The first-order valence-corrected chi connectivity index (χ1v) is 22.3. The standard InChI is InChI=1S/C44H38O12S3/c45-33-5-17-39(18-6-33)57(47,48)41-21-9-35(10-22-41)53-29-1-3-31-55-37-13-25-43(26-14-37)59(51,52)44-27-15-38(16-28-44)56-32-4-2-30-54-36-11-23-42(24-12-36)58(49,50)40-19-7-34(46)8-20-40/h1-28,45-46H,29-32H2. The van der Waals surface area contributed by atoms with Gasteiger partial charge in [0.1, 0.15) is 60.9 Å². The van der Waals surface area contributed by atoms with Crippen molar-refractivity contribution in [3.63, 3.8) is 0 Å². The number of aromatic hydroxyl groups is 2. The lowest BCUT2D eigenvalue weighted by atomic mass is 10.3. The first-order valence-electron chi connectivity index (χ1n) is 17.9. The zero-order valence-corrected chi connectivity index (χ0v) is 33.6. The fourth-order valence-corrected chi connectivity index (χ4v) is 9.15. The Morgan fingerprint density at radius 1 is 0.305 bits per heavy atom. The summed E-state index contributed by atoms with van der Waals surface area (Å²) in [4.78, 5) is 0.535. The van der Waals surface area contributed by atoms with Crippen molar-refractivity contribution in [2.75, 3.05) is 26.4 Å². The summed E-state index contributed by atoms with van der Waals surface area (Å²) in [6, 6.07) is 34.8. The highest BCUT2D eigenvalue weighted by Gasteiger charge is 2.20.